The second-order valence-corrected chi connectivity index (χ2v) is 9.53. The van der Waals surface area contributed by atoms with Crippen LogP contribution in [0.25, 0.3) is 0 Å². The average molecular weight is 566 g/mol. The molecule has 3 rings (SSSR count). The van der Waals surface area contributed by atoms with Crippen LogP contribution in [0.5, 0.6) is 11.5 Å². The summed E-state index contributed by atoms with van der Waals surface area (Å²) >= 11 is 0. The maximum Gasteiger partial charge on any atom is 0.336 e. The van der Waals surface area contributed by atoms with Crippen LogP contribution < -0.4 is 9.47 Å². The van der Waals surface area contributed by atoms with Crippen LogP contribution in [0.2, 0.25) is 0 Å². The molecule has 0 bridgehead atoms. The summed E-state index contributed by atoms with van der Waals surface area (Å²) in [4.78, 5) is 32.9. The molecule has 1 aliphatic heterocycles. The van der Waals surface area contributed by atoms with Crippen molar-refractivity contribution in [3.63, 3.8) is 0 Å². The Morgan fingerprint density at radius 2 is 1.75 bits per heavy atom. The van der Waals surface area contributed by atoms with Crippen molar-refractivity contribution in [2.24, 2.45) is 0 Å². The first-order chi connectivity index (χ1) is 18.9. The third kappa shape index (κ3) is 9.50. The van der Waals surface area contributed by atoms with E-state index in [2.05, 4.69) is 29.9 Å². The van der Waals surface area contributed by atoms with Crippen LogP contribution in [0.15, 0.2) is 24.4 Å². The summed E-state index contributed by atoms with van der Waals surface area (Å²) in [6, 6.07) is 5.96. The maximum absolute atomic E-state index is 10.3. The van der Waals surface area contributed by atoms with Gasteiger partial charge in [0.15, 0.2) is 5.60 Å². The minimum absolute atomic E-state index is 0.295. The van der Waals surface area contributed by atoms with Gasteiger partial charge in [0.2, 0.25) is 0 Å². The number of hydrogen-bond acceptors (Lipinski definition) is 9. The molecule has 0 amide bonds. The molecule has 0 radical (unpaired) electrons. The summed E-state index contributed by atoms with van der Waals surface area (Å²) in [5.74, 6) is -3.29. The number of nitrogens with zero attached hydrogens (tertiary/aromatic N) is 3. The minimum Gasteiger partial charge on any atom is -0.497 e. The van der Waals surface area contributed by atoms with E-state index in [-0.39, 0.29) is 0 Å². The first kappa shape index (κ1) is 32.5. The van der Waals surface area contributed by atoms with Gasteiger partial charge >= 0.3 is 17.9 Å². The predicted octanol–water partition coefficient (Wildman–Crippen LogP) is 2.16. The standard InChI is InChI=1S/C21H31N3O3.C6H8O7/c1-5-24-16(2)18(12-22-24)14-23(15-20-7-6-10-27-20)13-17-11-19(25-3)8-9-21(17)26-4;7-3(8)1-6(13,5(11)12)2-4(9)10/h8-9,11-12,20H,5-7,10,13-15H2,1-4H3;13H,1-2H2,(H,7,8)(H,9,10)(H,11,12). The third-order valence-corrected chi connectivity index (χ3v) is 6.55. The monoisotopic (exact) mass is 565 g/mol. The first-order valence-electron chi connectivity index (χ1n) is 12.9. The van der Waals surface area contributed by atoms with E-state index < -0.39 is 36.4 Å². The van der Waals surface area contributed by atoms with E-state index in [0.717, 1.165) is 62.7 Å². The van der Waals surface area contributed by atoms with E-state index in [1.165, 1.54) is 11.3 Å². The maximum atomic E-state index is 10.3. The SMILES string of the molecule is CCn1ncc(CN(Cc2cc(OC)ccc2OC)CC2CCCO2)c1C.O=C(O)CC(O)(CC(=O)O)C(=O)O. The average Bonchev–Trinajstić information content (AvgIpc) is 3.52. The number of aromatic nitrogens is 2. The molecule has 2 heterocycles. The summed E-state index contributed by atoms with van der Waals surface area (Å²) < 4.78 is 18.9. The van der Waals surface area contributed by atoms with Gasteiger partial charge in [-0.15, -0.1) is 0 Å². The fourth-order valence-corrected chi connectivity index (χ4v) is 4.42. The molecule has 0 saturated carbocycles. The van der Waals surface area contributed by atoms with Crippen LogP contribution in [0.1, 0.15) is 49.4 Å². The molecule has 1 aliphatic rings. The molecule has 0 spiro atoms. The van der Waals surface area contributed by atoms with E-state index >= 15 is 0 Å². The molecule has 2 aromatic rings. The van der Waals surface area contributed by atoms with Gasteiger partial charge in [-0.1, -0.05) is 0 Å². The molecule has 0 aliphatic carbocycles. The van der Waals surface area contributed by atoms with E-state index in [9.17, 15) is 14.4 Å². The lowest BCUT2D eigenvalue weighted by Gasteiger charge is -2.26. The second-order valence-electron chi connectivity index (χ2n) is 9.53. The zero-order valence-electron chi connectivity index (χ0n) is 23.3. The Hall–Kier alpha value is -3.68. The van der Waals surface area contributed by atoms with Crippen molar-refractivity contribution in [1.29, 1.82) is 0 Å². The van der Waals surface area contributed by atoms with Crippen molar-refractivity contribution in [2.75, 3.05) is 27.4 Å². The lowest BCUT2D eigenvalue weighted by atomic mass is 9.96. The van der Waals surface area contributed by atoms with Crippen molar-refractivity contribution in [3.8, 4) is 11.5 Å². The highest BCUT2D eigenvalue weighted by atomic mass is 16.5. The van der Waals surface area contributed by atoms with Crippen LogP contribution in [0.4, 0.5) is 0 Å². The lowest BCUT2D eigenvalue weighted by Crippen LogP contribution is -2.42. The molecule has 1 aromatic carbocycles. The number of aliphatic hydroxyl groups is 1. The fraction of sp³-hybridized carbons (Fsp3) is 0.556. The van der Waals surface area contributed by atoms with Gasteiger partial charge in [0.1, 0.15) is 11.5 Å². The zero-order chi connectivity index (χ0) is 29.9. The molecule has 1 unspecified atom stereocenters. The first-order valence-corrected chi connectivity index (χ1v) is 12.9. The highest BCUT2D eigenvalue weighted by Gasteiger charge is 2.40. The number of aliphatic carboxylic acids is 3. The largest absolute Gasteiger partial charge is 0.497 e. The number of rotatable bonds is 14. The molecule has 40 heavy (non-hydrogen) atoms. The van der Waals surface area contributed by atoms with Crippen molar-refractivity contribution in [2.45, 2.75) is 70.9 Å². The van der Waals surface area contributed by atoms with E-state index in [1.807, 2.05) is 23.0 Å². The van der Waals surface area contributed by atoms with Crippen LogP contribution in [0, 0.1) is 6.92 Å². The van der Waals surface area contributed by atoms with Crippen molar-refractivity contribution >= 4 is 17.9 Å². The minimum atomic E-state index is -2.74. The fourth-order valence-electron chi connectivity index (χ4n) is 4.42. The Morgan fingerprint density at radius 3 is 2.23 bits per heavy atom. The highest BCUT2D eigenvalue weighted by molar-refractivity contribution is 5.88. The number of hydrogen-bond donors (Lipinski definition) is 4. The van der Waals surface area contributed by atoms with Crippen molar-refractivity contribution < 1.29 is 49.0 Å². The van der Waals surface area contributed by atoms with Crippen LogP contribution in [-0.4, -0.2) is 92.1 Å². The number of carboxylic acid groups (broad SMARTS) is 3. The molecular formula is C27H39N3O10. The van der Waals surface area contributed by atoms with Crippen LogP contribution in [0.3, 0.4) is 0 Å². The number of methoxy groups -OCH3 is 2. The van der Waals surface area contributed by atoms with Gasteiger partial charge in [-0.25, -0.2) is 4.79 Å². The number of benzene rings is 1. The molecule has 1 atom stereocenters. The van der Waals surface area contributed by atoms with E-state index in [0.29, 0.717) is 6.10 Å². The molecule has 13 nitrogen and oxygen atoms in total. The van der Waals surface area contributed by atoms with Gasteiger partial charge in [0.05, 0.1) is 39.4 Å². The summed E-state index contributed by atoms with van der Waals surface area (Å²) in [6.45, 7) is 8.53. The number of carbonyl (C=O) groups is 3. The molecule has 1 fully saturated rings. The van der Waals surface area contributed by atoms with Gasteiger partial charge < -0.3 is 34.6 Å². The third-order valence-electron chi connectivity index (χ3n) is 6.55. The van der Waals surface area contributed by atoms with Gasteiger partial charge in [-0.05, 0) is 44.9 Å². The smallest absolute Gasteiger partial charge is 0.336 e. The zero-order valence-corrected chi connectivity index (χ0v) is 23.3. The Kier molecular flexibility index (Phi) is 12.4. The second kappa shape index (κ2) is 15.2. The summed E-state index contributed by atoms with van der Waals surface area (Å²) in [7, 11) is 3.41. The molecule has 13 heteroatoms. The van der Waals surface area contributed by atoms with Crippen molar-refractivity contribution in [3.05, 3.63) is 41.2 Å². The molecule has 222 valence electrons. The van der Waals surface area contributed by atoms with Gasteiger partial charge in [0.25, 0.3) is 0 Å². The number of aryl methyl sites for hydroxylation is 1. The van der Waals surface area contributed by atoms with Crippen LogP contribution >= 0.6 is 0 Å². The number of carboxylic acids is 3. The Labute approximate surface area is 232 Å². The lowest BCUT2D eigenvalue weighted by molar-refractivity contribution is -0.170. The number of ether oxygens (including phenoxy) is 3. The predicted molar refractivity (Wildman–Crippen MR) is 142 cm³/mol. The van der Waals surface area contributed by atoms with Gasteiger partial charge in [-0.3, -0.25) is 19.2 Å². The topological polar surface area (TPSA) is 181 Å². The Balaban J connectivity index is 0.000000366. The molecule has 1 aromatic heterocycles. The van der Waals surface area contributed by atoms with Gasteiger partial charge in [-0.2, -0.15) is 5.10 Å². The highest BCUT2D eigenvalue weighted by Crippen LogP contribution is 2.27. The Bertz CT molecular complexity index is 1130. The van der Waals surface area contributed by atoms with Crippen molar-refractivity contribution in [1.82, 2.24) is 14.7 Å². The van der Waals surface area contributed by atoms with E-state index in [4.69, 9.17) is 34.6 Å². The molecule has 1 saturated heterocycles. The summed E-state index contributed by atoms with van der Waals surface area (Å²) in [5.41, 5.74) is 0.872. The Morgan fingerprint density at radius 1 is 1.10 bits per heavy atom. The quantitative estimate of drug-likeness (QED) is 0.262. The molecule has 4 N–H and O–H groups in total. The van der Waals surface area contributed by atoms with E-state index in [1.54, 1.807) is 14.2 Å². The van der Waals surface area contributed by atoms with Gasteiger partial charge in [0, 0.05) is 49.6 Å². The summed E-state index contributed by atoms with van der Waals surface area (Å²) in [6.07, 6.45) is 2.27. The molecular weight excluding hydrogens is 526 g/mol. The normalized spacial score (nSPS) is 14.9. The van der Waals surface area contributed by atoms with Crippen LogP contribution in [-0.2, 0) is 38.8 Å². The summed E-state index contributed by atoms with van der Waals surface area (Å²) in [5, 5.41) is 38.3.